The van der Waals surface area contributed by atoms with E-state index in [2.05, 4.69) is 25.7 Å². The number of benzene rings is 2. The largest absolute Gasteiger partial charge is 0.491 e. The molecule has 1 heterocycles. The third kappa shape index (κ3) is 3.53. The van der Waals surface area contributed by atoms with E-state index in [-0.39, 0.29) is 18.2 Å². The van der Waals surface area contributed by atoms with Crippen molar-refractivity contribution in [1.29, 1.82) is 0 Å². The van der Waals surface area contributed by atoms with Crippen molar-refractivity contribution < 1.29 is 9.53 Å². The summed E-state index contributed by atoms with van der Waals surface area (Å²) in [6.07, 6.45) is 2.67. The fraction of sp³-hybridized carbons (Fsp3) is 0.286. The van der Waals surface area contributed by atoms with Gasteiger partial charge in [-0.3, -0.25) is 4.79 Å². The van der Waals surface area contributed by atoms with Crippen molar-refractivity contribution in [2.45, 2.75) is 32.5 Å². The topological polar surface area (TPSA) is 41.6 Å². The van der Waals surface area contributed by atoms with E-state index < -0.39 is 0 Å². The van der Waals surface area contributed by atoms with Crippen LogP contribution in [-0.2, 0) is 0 Å². The zero-order valence-electron chi connectivity index (χ0n) is 14.7. The molecule has 4 nitrogen and oxygen atoms in total. The SMILES string of the molecule is C=CCN1C(=O)c2ccccc2NC1c1ccc(OC(C)CC)cc1. The van der Waals surface area contributed by atoms with Crippen LogP contribution < -0.4 is 10.1 Å². The average molecular weight is 336 g/mol. The number of hydrogen-bond acceptors (Lipinski definition) is 3. The quantitative estimate of drug-likeness (QED) is 0.783. The lowest BCUT2D eigenvalue weighted by Gasteiger charge is -2.37. The van der Waals surface area contributed by atoms with Crippen LogP contribution in [0.2, 0.25) is 0 Å². The first-order valence-electron chi connectivity index (χ1n) is 8.68. The molecule has 2 aromatic rings. The maximum absolute atomic E-state index is 12.9. The summed E-state index contributed by atoms with van der Waals surface area (Å²) in [5.41, 5.74) is 2.57. The number of rotatable bonds is 6. The van der Waals surface area contributed by atoms with Gasteiger partial charge in [-0.1, -0.05) is 37.3 Å². The van der Waals surface area contributed by atoms with Crippen LogP contribution in [0.15, 0.2) is 61.2 Å². The van der Waals surface area contributed by atoms with E-state index in [0.717, 1.165) is 23.4 Å². The van der Waals surface area contributed by atoms with Gasteiger partial charge in [0, 0.05) is 12.2 Å². The molecule has 0 bridgehead atoms. The standard InChI is InChI=1S/C21H24N2O2/c1-4-14-23-20(22-19-9-7-6-8-18(19)21(23)24)16-10-12-17(13-11-16)25-15(3)5-2/h4,6-13,15,20,22H,1,5,14H2,2-3H3. The Hall–Kier alpha value is -2.75. The lowest BCUT2D eigenvalue weighted by atomic mass is 10.0. The van der Waals surface area contributed by atoms with Crippen LogP contribution in [0.5, 0.6) is 5.75 Å². The van der Waals surface area contributed by atoms with Crippen molar-refractivity contribution in [2.75, 3.05) is 11.9 Å². The second kappa shape index (κ2) is 7.43. The molecule has 3 rings (SSSR count). The van der Waals surface area contributed by atoms with Gasteiger partial charge in [0.1, 0.15) is 11.9 Å². The minimum absolute atomic E-state index is 0.0131. The molecule has 0 aromatic heterocycles. The molecule has 0 radical (unpaired) electrons. The highest BCUT2D eigenvalue weighted by atomic mass is 16.5. The molecule has 4 heteroatoms. The van der Waals surface area contributed by atoms with Crippen LogP contribution in [-0.4, -0.2) is 23.5 Å². The lowest BCUT2D eigenvalue weighted by Crippen LogP contribution is -2.42. The van der Waals surface area contributed by atoms with Gasteiger partial charge in [-0.25, -0.2) is 0 Å². The van der Waals surface area contributed by atoms with Gasteiger partial charge in [0.25, 0.3) is 5.91 Å². The maximum Gasteiger partial charge on any atom is 0.258 e. The van der Waals surface area contributed by atoms with Gasteiger partial charge in [-0.05, 0) is 43.2 Å². The Balaban J connectivity index is 1.89. The van der Waals surface area contributed by atoms with E-state index >= 15 is 0 Å². The Kier molecular flexibility index (Phi) is 5.08. The zero-order valence-corrected chi connectivity index (χ0v) is 14.7. The minimum Gasteiger partial charge on any atom is -0.491 e. The molecule has 0 spiro atoms. The first-order valence-corrected chi connectivity index (χ1v) is 8.68. The third-order valence-corrected chi connectivity index (χ3v) is 4.46. The van der Waals surface area contributed by atoms with Gasteiger partial charge in [-0.2, -0.15) is 0 Å². The predicted octanol–water partition coefficient (Wildman–Crippen LogP) is 4.62. The van der Waals surface area contributed by atoms with Crippen molar-refractivity contribution in [3.8, 4) is 5.75 Å². The average Bonchev–Trinajstić information content (AvgIpc) is 2.64. The number of ether oxygens (including phenoxy) is 1. The molecule has 2 atom stereocenters. The highest BCUT2D eigenvalue weighted by Gasteiger charge is 2.31. The van der Waals surface area contributed by atoms with E-state index in [9.17, 15) is 4.79 Å². The Morgan fingerprint density at radius 3 is 2.64 bits per heavy atom. The van der Waals surface area contributed by atoms with Crippen molar-refractivity contribution >= 4 is 11.6 Å². The van der Waals surface area contributed by atoms with E-state index in [1.54, 1.807) is 11.0 Å². The first kappa shape index (κ1) is 17.1. The number of carbonyl (C=O) groups is 1. The number of carbonyl (C=O) groups excluding carboxylic acids is 1. The molecule has 130 valence electrons. The van der Waals surface area contributed by atoms with E-state index in [1.807, 2.05) is 48.5 Å². The van der Waals surface area contributed by atoms with Gasteiger partial charge in [0.15, 0.2) is 0 Å². The van der Waals surface area contributed by atoms with Crippen LogP contribution in [0.3, 0.4) is 0 Å². The van der Waals surface area contributed by atoms with Gasteiger partial charge in [0.2, 0.25) is 0 Å². The summed E-state index contributed by atoms with van der Waals surface area (Å²) in [5.74, 6) is 0.857. The minimum atomic E-state index is -0.224. The van der Waals surface area contributed by atoms with Gasteiger partial charge in [0.05, 0.1) is 11.7 Å². The van der Waals surface area contributed by atoms with Crippen molar-refractivity contribution in [3.63, 3.8) is 0 Å². The summed E-state index contributed by atoms with van der Waals surface area (Å²) in [5, 5.41) is 3.47. The predicted molar refractivity (Wildman–Crippen MR) is 101 cm³/mol. The molecule has 2 unspecified atom stereocenters. The number of nitrogens with one attached hydrogen (secondary N) is 1. The summed E-state index contributed by atoms with van der Waals surface area (Å²) < 4.78 is 5.84. The Labute approximate surface area is 149 Å². The summed E-state index contributed by atoms with van der Waals surface area (Å²) in [6, 6.07) is 15.5. The van der Waals surface area contributed by atoms with Gasteiger partial charge >= 0.3 is 0 Å². The maximum atomic E-state index is 12.9. The van der Waals surface area contributed by atoms with E-state index in [1.165, 1.54) is 0 Å². The first-order chi connectivity index (χ1) is 12.1. The molecule has 25 heavy (non-hydrogen) atoms. The second-order valence-corrected chi connectivity index (χ2v) is 6.24. The van der Waals surface area contributed by atoms with Crippen LogP contribution in [0.25, 0.3) is 0 Å². The molecule has 1 N–H and O–H groups in total. The normalized spacial score (nSPS) is 17.4. The summed E-state index contributed by atoms with van der Waals surface area (Å²) in [7, 11) is 0. The number of anilines is 1. The Bertz CT molecular complexity index is 755. The number of para-hydroxylation sites is 1. The van der Waals surface area contributed by atoms with E-state index in [0.29, 0.717) is 12.1 Å². The molecular formula is C21H24N2O2. The van der Waals surface area contributed by atoms with Crippen molar-refractivity contribution in [1.82, 2.24) is 4.90 Å². The molecule has 0 fully saturated rings. The van der Waals surface area contributed by atoms with E-state index in [4.69, 9.17) is 4.74 Å². The van der Waals surface area contributed by atoms with Crippen LogP contribution in [0, 0.1) is 0 Å². The Morgan fingerprint density at radius 2 is 1.96 bits per heavy atom. The fourth-order valence-electron chi connectivity index (χ4n) is 2.93. The molecule has 1 aliphatic heterocycles. The third-order valence-electron chi connectivity index (χ3n) is 4.46. The molecule has 2 aromatic carbocycles. The fourth-order valence-corrected chi connectivity index (χ4v) is 2.93. The number of fused-ring (bicyclic) bond motifs is 1. The second-order valence-electron chi connectivity index (χ2n) is 6.24. The molecule has 0 aliphatic carbocycles. The van der Waals surface area contributed by atoms with Crippen molar-refractivity contribution in [3.05, 3.63) is 72.3 Å². The summed E-state index contributed by atoms with van der Waals surface area (Å²) in [4.78, 5) is 14.6. The summed E-state index contributed by atoms with van der Waals surface area (Å²) >= 11 is 0. The number of hydrogen-bond donors (Lipinski definition) is 1. The summed E-state index contributed by atoms with van der Waals surface area (Å²) in [6.45, 7) is 8.42. The number of nitrogens with zero attached hydrogens (tertiary/aromatic N) is 1. The van der Waals surface area contributed by atoms with Crippen molar-refractivity contribution in [2.24, 2.45) is 0 Å². The van der Waals surface area contributed by atoms with Crippen LogP contribution in [0.1, 0.15) is 42.4 Å². The molecule has 0 saturated heterocycles. The zero-order chi connectivity index (χ0) is 17.8. The molecule has 1 aliphatic rings. The highest BCUT2D eigenvalue weighted by molar-refractivity contribution is 6.01. The number of amides is 1. The lowest BCUT2D eigenvalue weighted by molar-refractivity contribution is 0.0707. The Morgan fingerprint density at radius 1 is 1.24 bits per heavy atom. The molecule has 0 saturated carbocycles. The van der Waals surface area contributed by atoms with Crippen LogP contribution >= 0.6 is 0 Å². The monoisotopic (exact) mass is 336 g/mol. The smallest absolute Gasteiger partial charge is 0.258 e. The molecular weight excluding hydrogens is 312 g/mol. The van der Waals surface area contributed by atoms with Crippen LogP contribution in [0.4, 0.5) is 5.69 Å². The van der Waals surface area contributed by atoms with Gasteiger partial charge in [-0.15, -0.1) is 6.58 Å². The van der Waals surface area contributed by atoms with Gasteiger partial charge < -0.3 is 15.0 Å². The highest BCUT2D eigenvalue weighted by Crippen LogP contribution is 2.33. The molecule has 1 amide bonds.